The highest BCUT2D eigenvalue weighted by atomic mass is 16.1. The first-order chi connectivity index (χ1) is 14.3. The van der Waals surface area contributed by atoms with Crippen molar-refractivity contribution in [3.8, 4) is 11.5 Å². The van der Waals surface area contributed by atoms with Crippen LogP contribution in [-0.4, -0.2) is 34.3 Å². The Balaban J connectivity index is 1.49. The summed E-state index contributed by atoms with van der Waals surface area (Å²) in [6.45, 7) is 0.426. The summed E-state index contributed by atoms with van der Waals surface area (Å²) in [4.78, 5) is 28.3. The van der Waals surface area contributed by atoms with Crippen LogP contribution in [0.1, 0.15) is 5.56 Å². The minimum atomic E-state index is -0.249. The Kier molecular flexibility index (Phi) is 4.10. The van der Waals surface area contributed by atoms with Crippen LogP contribution in [0.15, 0.2) is 78.4 Å². The van der Waals surface area contributed by atoms with Crippen molar-refractivity contribution in [3.05, 3.63) is 89.5 Å². The predicted octanol–water partition coefficient (Wildman–Crippen LogP) is 2.30. The summed E-state index contributed by atoms with van der Waals surface area (Å²) in [5, 5.41) is 7.93. The van der Waals surface area contributed by atoms with Gasteiger partial charge in [-0.05, 0) is 18.2 Å². The number of hydrogen-bond donors (Lipinski definition) is 2. The van der Waals surface area contributed by atoms with Crippen molar-refractivity contribution in [1.82, 2.24) is 34.3 Å². The number of nitrogens with one attached hydrogen (secondary N) is 2. The Morgan fingerprint density at radius 3 is 2.79 bits per heavy atom. The Labute approximate surface area is 164 Å². The average Bonchev–Trinajstić information content (AvgIpc) is 3.43. The van der Waals surface area contributed by atoms with Crippen LogP contribution in [-0.2, 0) is 6.54 Å². The van der Waals surface area contributed by atoms with E-state index in [-0.39, 0.29) is 5.56 Å². The van der Waals surface area contributed by atoms with Crippen LogP contribution in [0.4, 0.5) is 5.95 Å². The molecular weight excluding hydrogens is 368 g/mol. The zero-order valence-electron chi connectivity index (χ0n) is 15.2. The largest absolute Gasteiger partial charge is 0.351 e. The fourth-order valence-corrected chi connectivity index (χ4v) is 3.12. The first kappa shape index (κ1) is 16.9. The smallest absolute Gasteiger partial charge is 0.263 e. The molecule has 9 heteroatoms. The molecule has 5 aromatic rings. The number of H-pyrrole nitrogens is 1. The highest BCUT2D eigenvalue weighted by Gasteiger charge is 2.12. The Bertz CT molecular complexity index is 1320. The average molecular weight is 384 g/mol. The standard InChI is InChI=1S/C20H16N8O/c29-19-16-12-24-28(15-6-2-1-3-7-15)18(16)25-20(26-19)23-11-14-5-4-8-22-17(14)27-10-9-21-13-27/h1-10,12-13H,11H2,(H2,23,25,26,29). The second-order valence-electron chi connectivity index (χ2n) is 6.35. The van der Waals surface area contributed by atoms with Gasteiger partial charge in [-0.3, -0.25) is 14.3 Å². The molecule has 0 fully saturated rings. The van der Waals surface area contributed by atoms with Gasteiger partial charge in [0.2, 0.25) is 5.95 Å². The van der Waals surface area contributed by atoms with E-state index in [1.165, 1.54) is 6.20 Å². The third-order valence-corrected chi connectivity index (χ3v) is 4.50. The fourth-order valence-electron chi connectivity index (χ4n) is 3.12. The van der Waals surface area contributed by atoms with Gasteiger partial charge in [-0.15, -0.1) is 0 Å². The zero-order valence-corrected chi connectivity index (χ0v) is 15.2. The molecule has 29 heavy (non-hydrogen) atoms. The van der Waals surface area contributed by atoms with Gasteiger partial charge in [-0.25, -0.2) is 14.6 Å². The summed E-state index contributed by atoms with van der Waals surface area (Å²) in [5.41, 5.74) is 2.01. The van der Waals surface area contributed by atoms with Gasteiger partial charge in [0.15, 0.2) is 5.65 Å². The minimum Gasteiger partial charge on any atom is -0.351 e. The topological polar surface area (TPSA) is 106 Å². The molecule has 0 bridgehead atoms. The van der Waals surface area contributed by atoms with E-state index in [4.69, 9.17) is 0 Å². The van der Waals surface area contributed by atoms with Crippen molar-refractivity contribution < 1.29 is 0 Å². The molecular formula is C20H16N8O. The van der Waals surface area contributed by atoms with Gasteiger partial charge < -0.3 is 5.32 Å². The Morgan fingerprint density at radius 2 is 1.97 bits per heavy atom. The van der Waals surface area contributed by atoms with Crippen LogP contribution in [0.25, 0.3) is 22.5 Å². The van der Waals surface area contributed by atoms with Gasteiger partial charge in [0.05, 0.1) is 11.9 Å². The molecule has 0 atom stereocenters. The number of rotatable bonds is 5. The molecule has 0 saturated carbocycles. The van der Waals surface area contributed by atoms with Crippen molar-refractivity contribution in [1.29, 1.82) is 0 Å². The van der Waals surface area contributed by atoms with E-state index in [0.29, 0.717) is 23.5 Å². The van der Waals surface area contributed by atoms with E-state index < -0.39 is 0 Å². The fraction of sp³-hybridized carbons (Fsp3) is 0.0500. The molecule has 0 unspecified atom stereocenters. The van der Waals surface area contributed by atoms with Crippen molar-refractivity contribution in [2.24, 2.45) is 0 Å². The molecule has 1 aromatic carbocycles. The molecule has 0 aliphatic rings. The lowest BCUT2D eigenvalue weighted by Crippen LogP contribution is -2.14. The summed E-state index contributed by atoms with van der Waals surface area (Å²) in [5.74, 6) is 1.12. The second-order valence-corrected chi connectivity index (χ2v) is 6.35. The van der Waals surface area contributed by atoms with E-state index in [1.807, 2.05) is 53.2 Å². The lowest BCUT2D eigenvalue weighted by atomic mass is 10.2. The van der Waals surface area contributed by atoms with Crippen LogP contribution in [0.3, 0.4) is 0 Å². The zero-order chi connectivity index (χ0) is 19.6. The SMILES string of the molecule is O=c1[nH]c(NCc2cccnc2-n2ccnc2)nc2c1cnn2-c1ccccc1. The highest BCUT2D eigenvalue weighted by Crippen LogP contribution is 2.16. The quantitative estimate of drug-likeness (QED) is 0.482. The third kappa shape index (κ3) is 3.14. The number of para-hydroxylation sites is 1. The number of hydrogen-bond acceptors (Lipinski definition) is 6. The summed E-state index contributed by atoms with van der Waals surface area (Å²) >= 11 is 0. The van der Waals surface area contributed by atoms with Crippen LogP contribution in [0.2, 0.25) is 0 Å². The molecule has 0 aliphatic carbocycles. The number of nitrogens with zero attached hydrogens (tertiary/aromatic N) is 6. The molecule has 142 valence electrons. The van der Waals surface area contributed by atoms with Gasteiger partial charge in [-0.2, -0.15) is 10.1 Å². The highest BCUT2D eigenvalue weighted by molar-refractivity contribution is 5.76. The summed E-state index contributed by atoms with van der Waals surface area (Å²) in [6, 6.07) is 13.4. The van der Waals surface area contributed by atoms with E-state index in [2.05, 4.69) is 30.4 Å². The van der Waals surface area contributed by atoms with Crippen LogP contribution >= 0.6 is 0 Å². The van der Waals surface area contributed by atoms with Gasteiger partial charge in [0.25, 0.3) is 5.56 Å². The van der Waals surface area contributed by atoms with Gasteiger partial charge in [0, 0.05) is 30.7 Å². The Morgan fingerprint density at radius 1 is 1.07 bits per heavy atom. The molecule has 0 amide bonds. The van der Waals surface area contributed by atoms with Crippen LogP contribution in [0, 0.1) is 0 Å². The molecule has 0 aliphatic heterocycles. The molecule has 4 aromatic heterocycles. The summed E-state index contributed by atoms with van der Waals surface area (Å²) in [7, 11) is 0. The molecule has 0 saturated heterocycles. The number of fused-ring (bicyclic) bond motifs is 1. The predicted molar refractivity (Wildman–Crippen MR) is 108 cm³/mol. The van der Waals surface area contributed by atoms with Gasteiger partial charge in [-0.1, -0.05) is 24.3 Å². The van der Waals surface area contributed by atoms with Crippen molar-refractivity contribution in [2.45, 2.75) is 6.54 Å². The van der Waals surface area contributed by atoms with Crippen LogP contribution in [0.5, 0.6) is 0 Å². The lowest BCUT2D eigenvalue weighted by Gasteiger charge is -2.10. The lowest BCUT2D eigenvalue weighted by molar-refractivity contribution is 0.892. The van der Waals surface area contributed by atoms with Crippen molar-refractivity contribution >= 4 is 17.0 Å². The summed E-state index contributed by atoms with van der Waals surface area (Å²) < 4.78 is 3.48. The number of aromatic amines is 1. The first-order valence-electron chi connectivity index (χ1n) is 8.99. The normalized spacial score (nSPS) is 11.0. The van der Waals surface area contributed by atoms with E-state index >= 15 is 0 Å². The van der Waals surface area contributed by atoms with E-state index in [1.54, 1.807) is 23.4 Å². The molecule has 0 radical (unpaired) electrons. The van der Waals surface area contributed by atoms with E-state index in [0.717, 1.165) is 17.1 Å². The first-order valence-corrected chi connectivity index (χ1v) is 8.99. The maximum absolute atomic E-state index is 12.5. The molecule has 5 rings (SSSR count). The van der Waals surface area contributed by atoms with E-state index in [9.17, 15) is 4.79 Å². The van der Waals surface area contributed by atoms with Crippen molar-refractivity contribution in [2.75, 3.05) is 5.32 Å². The molecule has 9 nitrogen and oxygen atoms in total. The number of aromatic nitrogens is 7. The number of pyridine rings is 1. The number of imidazole rings is 1. The van der Waals surface area contributed by atoms with Gasteiger partial charge in [0.1, 0.15) is 17.5 Å². The molecule has 4 heterocycles. The van der Waals surface area contributed by atoms with Gasteiger partial charge >= 0.3 is 0 Å². The number of anilines is 1. The third-order valence-electron chi connectivity index (χ3n) is 4.50. The number of benzene rings is 1. The maximum Gasteiger partial charge on any atom is 0.263 e. The second kappa shape index (κ2) is 7.04. The molecule has 0 spiro atoms. The monoisotopic (exact) mass is 384 g/mol. The maximum atomic E-state index is 12.5. The minimum absolute atomic E-state index is 0.249. The van der Waals surface area contributed by atoms with Crippen LogP contribution < -0.4 is 10.9 Å². The summed E-state index contributed by atoms with van der Waals surface area (Å²) in [6.07, 6.45) is 8.47. The van der Waals surface area contributed by atoms with Crippen molar-refractivity contribution in [3.63, 3.8) is 0 Å². The molecule has 2 N–H and O–H groups in total. The Hall–Kier alpha value is -4.27.